The first-order chi connectivity index (χ1) is 13.1. The van der Waals surface area contributed by atoms with E-state index in [1.807, 2.05) is 13.8 Å². The average molecular weight is 375 g/mol. The molecule has 0 radical (unpaired) electrons. The Labute approximate surface area is 158 Å². The first-order valence-corrected chi connectivity index (χ1v) is 9.51. The summed E-state index contributed by atoms with van der Waals surface area (Å²) in [6.45, 7) is 5.27. The van der Waals surface area contributed by atoms with Crippen LogP contribution in [0.25, 0.3) is 0 Å². The molecule has 0 saturated carbocycles. The van der Waals surface area contributed by atoms with E-state index in [-0.39, 0.29) is 18.4 Å². The van der Waals surface area contributed by atoms with Crippen LogP contribution in [0.1, 0.15) is 43.7 Å². The number of benzene rings is 1. The van der Waals surface area contributed by atoms with Gasteiger partial charge < -0.3 is 19.9 Å². The molecule has 1 amide bonds. The summed E-state index contributed by atoms with van der Waals surface area (Å²) in [4.78, 5) is 12.4. The minimum absolute atomic E-state index is 0.132. The van der Waals surface area contributed by atoms with Crippen LogP contribution in [-0.2, 0) is 28.8 Å². The Kier molecular flexibility index (Phi) is 6.45. The van der Waals surface area contributed by atoms with Crippen molar-refractivity contribution < 1.29 is 18.4 Å². The molecule has 0 bridgehead atoms. The van der Waals surface area contributed by atoms with Gasteiger partial charge in [0.05, 0.1) is 23.9 Å². The number of carbonyl (C=O) groups is 1. The monoisotopic (exact) mass is 375 g/mol. The molecule has 3 rings (SSSR count). The molecule has 7 heteroatoms. The van der Waals surface area contributed by atoms with Crippen molar-refractivity contribution in [2.45, 2.75) is 52.1 Å². The summed E-state index contributed by atoms with van der Waals surface area (Å²) in [6.07, 6.45) is 3.71. The molecule has 0 aliphatic carbocycles. The summed E-state index contributed by atoms with van der Waals surface area (Å²) in [5.74, 6) is 0.100. The number of nitrogens with one attached hydrogen (secondary N) is 2. The molecule has 1 aliphatic heterocycles. The van der Waals surface area contributed by atoms with Crippen molar-refractivity contribution in [1.29, 1.82) is 0 Å². The van der Waals surface area contributed by atoms with Crippen LogP contribution in [-0.4, -0.2) is 30.3 Å². The molecule has 2 aromatic rings. The number of halogens is 1. The second-order valence-electron chi connectivity index (χ2n) is 6.67. The van der Waals surface area contributed by atoms with E-state index in [9.17, 15) is 9.18 Å². The number of hydrogen-bond acceptors (Lipinski definition) is 5. The Morgan fingerprint density at radius 2 is 2.19 bits per heavy atom. The number of aromatic nitrogens is 1. The lowest BCUT2D eigenvalue weighted by atomic mass is 10.1. The van der Waals surface area contributed by atoms with Crippen molar-refractivity contribution in [3.63, 3.8) is 0 Å². The number of rotatable bonds is 8. The molecule has 6 nitrogen and oxygen atoms in total. The van der Waals surface area contributed by atoms with Gasteiger partial charge in [-0.1, -0.05) is 19.0 Å². The molecule has 1 saturated heterocycles. The van der Waals surface area contributed by atoms with Gasteiger partial charge in [-0.15, -0.1) is 0 Å². The maximum absolute atomic E-state index is 14.3. The van der Waals surface area contributed by atoms with E-state index in [0.717, 1.165) is 36.5 Å². The van der Waals surface area contributed by atoms with Gasteiger partial charge in [0.2, 0.25) is 5.91 Å². The van der Waals surface area contributed by atoms with Gasteiger partial charge in [-0.25, -0.2) is 4.39 Å². The largest absolute Gasteiger partial charge is 0.380 e. The first kappa shape index (κ1) is 19.4. The van der Waals surface area contributed by atoms with E-state index in [1.165, 1.54) is 6.07 Å². The summed E-state index contributed by atoms with van der Waals surface area (Å²) in [6, 6.07) is 4.65. The minimum atomic E-state index is -0.403. The third-order valence-electron chi connectivity index (χ3n) is 4.74. The molecular weight excluding hydrogens is 349 g/mol. The van der Waals surface area contributed by atoms with Gasteiger partial charge in [0.25, 0.3) is 0 Å². The molecule has 1 aromatic heterocycles. The molecule has 0 spiro atoms. The predicted octanol–water partition coefficient (Wildman–Crippen LogP) is 3.71. The number of amides is 1. The summed E-state index contributed by atoms with van der Waals surface area (Å²) >= 11 is 0. The van der Waals surface area contributed by atoms with Crippen LogP contribution < -0.4 is 10.6 Å². The highest BCUT2D eigenvalue weighted by Gasteiger charge is 2.18. The van der Waals surface area contributed by atoms with Gasteiger partial charge in [-0.05, 0) is 37.5 Å². The van der Waals surface area contributed by atoms with Crippen LogP contribution in [0, 0.1) is 5.82 Å². The topological polar surface area (TPSA) is 76.4 Å². The molecule has 2 heterocycles. The highest BCUT2D eigenvalue weighted by atomic mass is 19.1. The normalized spacial score (nSPS) is 16.5. The van der Waals surface area contributed by atoms with Crippen LogP contribution in [0.3, 0.4) is 0 Å². The minimum Gasteiger partial charge on any atom is -0.380 e. The Morgan fingerprint density at radius 3 is 2.85 bits per heavy atom. The zero-order valence-electron chi connectivity index (χ0n) is 15.8. The highest BCUT2D eigenvalue weighted by molar-refractivity contribution is 5.92. The molecule has 1 fully saturated rings. The Morgan fingerprint density at radius 1 is 1.33 bits per heavy atom. The van der Waals surface area contributed by atoms with Gasteiger partial charge in [-0.2, -0.15) is 0 Å². The molecule has 1 unspecified atom stereocenters. The third kappa shape index (κ3) is 4.86. The molecule has 2 N–H and O–H groups in total. The SMILES string of the molecule is CCc1noc(CC)c1CC(=O)Nc1ccc(NCC2CCCO2)c(F)c1. The molecule has 146 valence electrons. The fourth-order valence-electron chi connectivity index (χ4n) is 3.27. The van der Waals surface area contributed by atoms with E-state index in [1.54, 1.807) is 12.1 Å². The standard InChI is InChI=1S/C20H26FN3O3/c1-3-17-15(19(4-2)27-24-17)11-20(25)23-13-7-8-18(16(21)10-13)22-12-14-6-5-9-26-14/h7-8,10,14,22H,3-6,9,11-12H2,1-2H3,(H,23,25). The van der Waals surface area contributed by atoms with Gasteiger partial charge in [0.1, 0.15) is 11.6 Å². The van der Waals surface area contributed by atoms with Crippen LogP contribution >= 0.6 is 0 Å². The third-order valence-corrected chi connectivity index (χ3v) is 4.74. The molecule has 27 heavy (non-hydrogen) atoms. The Balaban J connectivity index is 1.59. The van der Waals surface area contributed by atoms with Crippen molar-refractivity contribution in [1.82, 2.24) is 5.16 Å². The van der Waals surface area contributed by atoms with E-state index in [4.69, 9.17) is 9.26 Å². The predicted molar refractivity (Wildman–Crippen MR) is 101 cm³/mol. The van der Waals surface area contributed by atoms with Gasteiger partial charge in [0.15, 0.2) is 0 Å². The molecule has 1 aromatic carbocycles. The maximum atomic E-state index is 14.3. The second-order valence-corrected chi connectivity index (χ2v) is 6.67. The number of carbonyl (C=O) groups excluding carboxylic acids is 1. The lowest BCUT2D eigenvalue weighted by molar-refractivity contribution is -0.115. The number of anilines is 2. The molecule has 1 atom stereocenters. The molecule has 1 aliphatic rings. The van der Waals surface area contributed by atoms with Crippen molar-refractivity contribution in [3.05, 3.63) is 41.0 Å². The van der Waals surface area contributed by atoms with Crippen molar-refractivity contribution >= 4 is 17.3 Å². The number of ether oxygens (including phenoxy) is 1. The zero-order chi connectivity index (χ0) is 19.2. The van der Waals surface area contributed by atoms with Crippen LogP contribution in [0.15, 0.2) is 22.7 Å². The number of hydrogen-bond donors (Lipinski definition) is 2. The van der Waals surface area contributed by atoms with Gasteiger partial charge in [-0.3, -0.25) is 4.79 Å². The summed E-state index contributed by atoms with van der Waals surface area (Å²) in [5.41, 5.74) is 2.45. The Hall–Kier alpha value is -2.41. The van der Waals surface area contributed by atoms with E-state index < -0.39 is 5.82 Å². The van der Waals surface area contributed by atoms with Crippen molar-refractivity contribution in [2.24, 2.45) is 0 Å². The van der Waals surface area contributed by atoms with E-state index >= 15 is 0 Å². The fraction of sp³-hybridized carbons (Fsp3) is 0.500. The van der Waals surface area contributed by atoms with E-state index in [2.05, 4.69) is 15.8 Å². The Bertz CT molecular complexity index is 763. The zero-order valence-corrected chi connectivity index (χ0v) is 15.8. The van der Waals surface area contributed by atoms with Gasteiger partial charge >= 0.3 is 0 Å². The number of aryl methyl sites for hydroxylation is 2. The second kappa shape index (κ2) is 8.99. The summed E-state index contributed by atoms with van der Waals surface area (Å²) in [5, 5.41) is 9.83. The lowest BCUT2D eigenvalue weighted by Gasteiger charge is -2.13. The number of nitrogens with zero attached hydrogens (tertiary/aromatic N) is 1. The quantitative estimate of drug-likeness (QED) is 0.736. The van der Waals surface area contributed by atoms with E-state index in [0.29, 0.717) is 30.8 Å². The maximum Gasteiger partial charge on any atom is 0.229 e. The van der Waals surface area contributed by atoms with Crippen LogP contribution in [0.4, 0.5) is 15.8 Å². The van der Waals surface area contributed by atoms with Crippen molar-refractivity contribution in [2.75, 3.05) is 23.8 Å². The highest BCUT2D eigenvalue weighted by Crippen LogP contribution is 2.22. The van der Waals surface area contributed by atoms with Crippen LogP contribution in [0.2, 0.25) is 0 Å². The smallest absolute Gasteiger partial charge is 0.229 e. The van der Waals surface area contributed by atoms with Crippen LogP contribution in [0.5, 0.6) is 0 Å². The van der Waals surface area contributed by atoms with Crippen molar-refractivity contribution in [3.8, 4) is 0 Å². The average Bonchev–Trinajstić information content (AvgIpc) is 3.30. The summed E-state index contributed by atoms with van der Waals surface area (Å²) in [7, 11) is 0. The lowest BCUT2D eigenvalue weighted by Crippen LogP contribution is -2.19. The summed E-state index contributed by atoms with van der Waals surface area (Å²) < 4.78 is 25.1. The fourth-order valence-corrected chi connectivity index (χ4v) is 3.27. The molecular formula is C20H26FN3O3. The first-order valence-electron chi connectivity index (χ1n) is 9.51. The van der Waals surface area contributed by atoms with Gasteiger partial charge in [0, 0.05) is 30.8 Å².